The van der Waals surface area contributed by atoms with Crippen LogP contribution < -0.4 is 4.74 Å². The van der Waals surface area contributed by atoms with E-state index in [2.05, 4.69) is 0 Å². The third-order valence-corrected chi connectivity index (χ3v) is 1.67. The summed E-state index contributed by atoms with van der Waals surface area (Å²) < 4.78 is 4.84. The number of esters is 1. The monoisotopic (exact) mass is 224 g/mol. The molecule has 0 saturated heterocycles. The van der Waals surface area contributed by atoms with Gasteiger partial charge in [-0.3, -0.25) is 9.59 Å². The first-order valence-corrected chi connectivity index (χ1v) is 4.62. The highest BCUT2D eigenvalue weighted by molar-refractivity contribution is 6.66. The molecule has 0 aliphatic rings. The normalized spacial score (nSPS) is 10.3. The molecule has 1 aromatic carbocycles. The zero-order valence-electron chi connectivity index (χ0n) is 8.07. The first-order valence-electron chi connectivity index (χ1n) is 4.24. The fourth-order valence-electron chi connectivity index (χ4n) is 0.975. The minimum atomic E-state index is -0.529. The van der Waals surface area contributed by atoms with Gasteiger partial charge in [0.2, 0.25) is 5.24 Å². The molecule has 0 aromatic heterocycles. The van der Waals surface area contributed by atoms with Crippen molar-refractivity contribution in [2.24, 2.45) is 0 Å². The van der Waals surface area contributed by atoms with Crippen molar-refractivity contribution < 1.29 is 14.3 Å². The Bertz CT molecular complexity index is 393. The molecule has 78 valence electrons. The number of allylic oxidation sites excluding steroid dienone is 1. The van der Waals surface area contributed by atoms with Crippen LogP contribution in [-0.2, 0) is 9.59 Å². The first-order chi connectivity index (χ1) is 7.08. The topological polar surface area (TPSA) is 43.4 Å². The Morgan fingerprint density at radius 3 is 2.33 bits per heavy atom. The van der Waals surface area contributed by atoms with Gasteiger partial charge in [-0.15, -0.1) is 0 Å². The first kappa shape index (κ1) is 11.5. The molecule has 15 heavy (non-hydrogen) atoms. The van der Waals surface area contributed by atoms with Gasteiger partial charge in [0.25, 0.3) is 0 Å². The van der Waals surface area contributed by atoms with E-state index in [1.165, 1.54) is 13.0 Å². The third-order valence-electron chi connectivity index (χ3n) is 1.55. The average Bonchev–Trinajstić information content (AvgIpc) is 2.16. The number of hydrogen-bond donors (Lipinski definition) is 0. The molecule has 1 aromatic rings. The lowest BCUT2D eigenvalue weighted by molar-refractivity contribution is -0.131. The smallest absolute Gasteiger partial charge is 0.308 e. The van der Waals surface area contributed by atoms with Gasteiger partial charge in [-0.2, -0.15) is 0 Å². The van der Waals surface area contributed by atoms with Gasteiger partial charge in [-0.05, 0) is 35.4 Å². The van der Waals surface area contributed by atoms with Crippen LogP contribution in [0.15, 0.2) is 30.3 Å². The van der Waals surface area contributed by atoms with E-state index < -0.39 is 5.24 Å². The Morgan fingerprint density at radius 2 is 1.87 bits per heavy atom. The van der Waals surface area contributed by atoms with Crippen LogP contribution in [0.2, 0.25) is 0 Å². The van der Waals surface area contributed by atoms with Crippen LogP contribution in [-0.4, -0.2) is 11.2 Å². The molecule has 0 fully saturated rings. The van der Waals surface area contributed by atoms with Crippen molar-refractivity contribution in [3.63, 3.8) is 0 Å². The molecule has 0 aliphatic heterocycles. The number of hydrogen-bond acceptors (Lipinski definition) is 3. The number of halogens is 1. The van der Waals surface area contributed by atoms with Crippen LogP contribution in [0.3, 0.4) is 0 Å². The Morgan fingerprint density at radius 1 is 1.27 bits per heavy atom. The number of rotatable bonds is 3. The summed E-state index contributed by atoms with van der Waals surface area (Å²) in [6, 6.07) is 6.71. The van der Waals surface area contributed by atoms with E-state index in [1.54, 1.807) is 30.3 Å². The van der Waals surface area contributed by atoms with E-state index in [1.807, 2.05) is 0 Å². The highest BCUT2D eigenvalue weighted by Crippen LogP contribution is 2.13. The molecule has 0 N–H and O–H groups in total. The predicted octanol–water partition coefficient (Wildman–Crippen LogP) is 2.39. The second-order valence-corrected chi connectivity index (χ2v) is 3.17. The van der Waals surface area contributed by atoms with Crippen molar-refractivity contribution in [3.8, 4) is 5.75 Å². The van der Waals surface area contributed by atoms with Gasteiger partial charge in [0.15, 0.2) is 0 Å². The minimum absolute atomic E-state index is 0.366. The van der Waals surface area contributed by atoms with Gasteiger partial charge in [-0.25, -0.2) is 0 Å². The summed E-state index contributed by atoms with van der Waals surface area (Å²) in [6.45, 7) is 1.33. The molecule has 1 rings (SSSR count). The molecule has 4 heteroatoms. The van der Waals surface area contributed by atoms with E-state index >= 15 is 0 Å². The third kappa shape index (κ3) is 4.42. The Kier molecular flexibility index (Phi) is 4.06. The molecule has 0 saturated carbocycles. The maximum absolute atomic E-state index is 10.6. The van der Waals surface area contributed by atoms with Crippen LogP contribution in [0.5, 0.6) is 5.75 Å². The van der Waals surface area contributed by atoms with Gasteiger partial charge in [0.05, 0.1) is 0 Å². The zero-order valence-corrected chi connectivity index (χ0v) is 8.82. The predicted molar refractivity (Wildman–Crippen MR) is 57.6 cm³/mol. The van der Waals surface area contributed by atoms with Crippen molar-refractivity contribution in [2.75, 3.05) is 0 Å². The summed E-state index contributed by atoms with van der Waals surface area (Å²) >= 11 is 5.13. The van der Waals surface area contributed by atoms with Crippen LogP contribution in [0.1, 0.15) is 12.5 Å². The van der Waals surface area contributed by atoms with Gasteiger partial charge in [0.1, 0.15) is 5.75 Å². The SMILES string of the molecule is CC(=O)Oc1ccc(C=CC(=O)Cl)cc1. The summed E-state index contributed by atoms with van der Waals surface area (Å²) in [6.07, 6.45) is 2.83. The average molecular weight is 225 g/mol. The largest absolute Gasteiger partial charge is 0.427 e. The summed E-state index contributed by atoms with van der Waals surface area (Å²) in [7, 11) is 0. The quantitative estimate of drug-likeness (QED) is 0.343. The molecule has 0 aliphatic carbocycles. The van der Waals surface area contributed by atoms with E-state index in [0.717, 1.165) is 5.56 Å². The molecule has 0 atom stereocenters. The summed E-state index contributed by atoms with van der Waals surface area (Å²) in [5.74, 6) is 0.103. The summed E-state index contributed by atoms with van der Waals surface area (Å²) in [4.78, 5) is 21.1. The van der Waals surface area contributed by atoms with E-state index in [9.17, 15) is 9.59 Å². The molecule has 0 unspecified atom stereocenters. The van der Waals surface area contributed by atoms with Crippen molar-refractivity contribution >= 4 is 28.9 Å². The highest BCUT2D eigenvalue weighted by atomic mass is 35.5. The molecule has 3 nitrogen and oxygen atoms in total. The fourth-order valence-corrected chi connectivity index (χ4v) is 1.04. The second kappa shape index (κ2) is 5.32. The van der Waals surface area contributed by atoms with E-state index in [0.29, 0.717) is 5.75 Å². The number of ether oxygens (including phenoxy) is 1. The summed E-state index contributed by atoms with van der Waals surface area (Å²) in [5.41, 5.74) is 0.805. The Hall–Kier alpha value is -1.61. The lowest BCUT2D eigenvalue weighted by Crippen LogP contribution is -2.00. The Labute approximate surface area is 92.3 Å². The van der Waals surface area contributed by atoms with Crippen molar-refractivity contribution in [1.29, 1.82) is 0 Å². The van der Waals surface area contributed by atoms with E-state index in [4.69, 9.17) is 16.3 Å². The number of carbonyl (C=O) groups excluding carboxylic acids is 2. The maximum Gasteiger partial charge on any atom is 0.308 e. The second-order valence-electron chi connectivity index (χ2n) is 2.80. The van der Waals surface area contributed by atoms with E-state index in [-0.39, 0.29) is 5.97 Å². The molecular weight excluding hydrogens is 216 g/mol. The molecule has 0 radical (unpaired) electrons. The number of carbonyl (C=O) groups is 2. The standard InChI is InChI=1S/C11H9ClO3/c1-8(13)15-10-5-2-9(3-6-10)4-7-11(12)14/h2-7H,1H3. The van der Waals surface area contributed by atoms with Crippen molar-refractivity contribution in [2.45, 2.75) is 6.92 Å². The summed E-state index contributed by atoms with van der Waals surface area (Å²) in [5, 5.41) is -0.529. The van der Waals surface area contributed by atoms with Gasteiger partial charge >= 0.3 is 5.97 Å². The fraction of sp³-hybridized carbons (Fsp3) is 0.0909. The molecule has 0 spiro atoms. The zero-order chi connectivity index (χ0) is 11.3. The molecule has 0 amide bonds. The van der Waals surface area contributed by atoms with Crippen LogP contribution in [0.25, 0.3) is 6.08 Å². The number of benzene rings is 1. The van der Waals surface area contributed by atoms with Crippen molar-refractivity contribution in [1.82, 2.24) is 0 Å². The minimum Gasteiger partial charge on any atom is -0.427 e. The van der Waals surface area contributed by atoms with Crippen LogP contribution in [0.4, 0.5) is 0 Å². The van der Waals surface area contributed by atoms with Gasteiger partial charge in [0, 0.05) is 6.92 Å². The van der Waals surface area contributed by atoms with Crippen LogP contribution >= 0.6 is 11.6 Å². The maximum atomic E-state index is 10.6. The lowest BCUT2D eigenvalue weighted by Gasteiger charge is -2.00. The molecule has 0 bridgehead atoms. The van der Waals surface area contributed by atoms with Crippen LogP contribution in [0, 0.1) is 0 Å². The van der Waals surface area contributed by atoms with Crippen molar-refractivity contribution in [3.05, 3.63) is 35.9 Å². The lowest BCUT2D eigenvalue weighted by atomic mass is 10.2. The highest BCUT2D eigenvalue weighted by Gasteiger charge is 1.96. The molecular formula is C11H9ClO3. The Balaban J connectivity index is 2.72. The van der Waals surface area contributed by atoms with Gasteiger partial charge < -0.3 is 4.74 Å². The van der Waals surface area contributed by atoms with Gasteiger partial charge in [-0.1, -0.05) is 18.2 Å². The molecule has 0 heterocycles.